The van der Waals surface area contributed by atoms with Crippen molar-refractivity contribution in [3.63, 3.8) is 0 Å². The van der Waals surface area contributed by atoms with E-state index in [1.54, 1.807) is 94.4 Å². The second-order valence-electron chi connectivity index (χ2n) is 27.6. The summed E-state index contributed by atoms with van der Waals surface area (Å²) < 4.78 is 134. The van der Waals surface area contributed by atoms with Gasteiger partial charge in [-0.3, -0.25) is 0 Å². The van der Waals surface area contributed by atoms with E-state index in [0.717, 1.165) is 38.5 Å². The third-order valence-electron chi connectivity index (χ3n) is 15.0. The van der Waals surface area contributed by atoms with Crippen molar-refractivity contribution in [2.24, 2.45) is 27.6 Å². The quantitative estimate of drug-likeness (QED) is 0.142. The molecule has 438 valence electrons. The minimum atomic E-state index is -2.38. The fourth-order valence-electron chi connectivity index (χ4n) is 9.61. The lowest BCUT2D eigenvalue weighted by atomic mass is 9.77. The zero-order chi connectivity index (χ0) is 75.3. The van der Waals surface area contributed by atoms with Gasteiger partial charge >= 0.3 is 0 Å². The first-order valence-corrected chi connectivity index (χ1v) is 29.4. The largest absolute Gasteiger partial charge is 0.0599 e. The Labute approximate surface area is 523 Å². The highest BCUT2D eigenvalue weighted by Crippen LogP contribution is 2.37. The van der Waals surface area contributed by atoms with E-state index in [9.17, 15) is 0 Å². The molecule has 0 aliphatic heterocycles. The molecule has 0 bridgehead atoms. The maximum absolute atomic E-state index is 8.78. The van der Waals surface area contributed by atoms with Gasteiger partial charge in [0.25, 0.3) is 0 Å². The van der Waals surface area contributed by atoms with Crippen molar-refractivity contribution >= 4 is 0 Å². The van der Waals surface area contributed by atoms with E-state index in [4.69, 9.17) is 23.3 Å². The summed E-state index contributed by atoms with van der Waals surface area (Å²) in [6.07, 6.45) is 3.22. The Morgan fingerprint density at radius 3 is 1.22 bits per heavy atom. The summed E-state index contributed by atoms with van der Waals surface area (Å²) in [7, 11) is 0. The van der Waals surface area contributed by atoms with Crippen LogP contribution in [0.4, 0.5) is 0 Å². The summed E-state index contributed by atoms with van der Waals surface area (Å²) in [4.78, 5) is 0. The fraction of sp³-hybridized carbons (Fsp3) is 0.481. The van der Waals surface area contributed by atoms with Crippen molar-refractivity contribution in [3.05, 3.63) is 222 Å². The van der Waals surface area contributed by atoms with Crippen LogP contribution in [0.2, 0.25) is 0 Å². The first-order chi connectivity index (χ1) is 44.2. The minimum absolute atomic E-state index is 0.0136. The van der Waals surface area contributed by atoms with E-state index in [0.29, 0.717) is 55.3 Å². The molecule has 0 spiro atoms. The third-order valence-corrected chi connectivity index (χ3v) is 15.0. The molecule has 1 unspecified atom stereocenters. The topological polar surface area (TPSA) is 0 Å². The maximum Gasteiger partial charge on any atom is 0.0355 e. The molecule has 0 N–H and O–H groups in total. The summed E-state index contributed by atoms with van der Waals surface area (Å²) in [6.45, 7) is 33.9. The zero-order valence-electron chi connectivity index (χ0n) is 70.9. The SMILES string of the molecule is Cc1ccc(-c2ccc(CC(C)(C)C)cc2C)cc1C.Cc1ccc(CC(C)(C)C)cc1C.[2H]C([2H])([2H])c1cc(-c2ccc(C([2H])(C)C(C)(C)C)cc2C([2H])([2H])[2H])ccc1C.[2H]C([2H])([2H])c1cc(C([2H])([2H])C(C)(C)C)ccc1C.[2H]C([2H])([2H])c1cc(C([2H])([2H])C2CCCC2)ccc1C. The number of hydrogen-bond acceptors (Lipinski definition) is 0. The molecule has 1 saturated carbocycles. The second-order valence-corrected chi connectivity index (χ2v) is 27.6. The highest BCUT2D eigenvalue weighted by Gasteiger charge is 2.22. The normalized spacial score (nSPS) is 17.6. The van der Waals surface area contributed by atoms with E-state index in [-0.39, 0.29) is 28.2 Å². The molecular weight excluding hydrogens is 973 g/mol. The van der Waals surface area contributed by atoms with Crippen molar-refractivity contribution in [2.45, 2.75) is 230 Å². The summed E-state index contributed by atoms with van der Waals surface area (Å²) in [6, 6.07) is 40.3. The lowest BCUT2D eigenvalue weighted by Crippen LogP contribution is -2.15. The third kappa shape index (κ3) is 23.4. The number of benzene rings is 7. The molecular formula is C81H114. The molecule has 7 aromatic rings. The van der Waals surface area contributed by atoms with Gasteiger partial charge in [0.15, 0.2) is 0 Å². The predicted molar refractivity (Wildman–Crippen MR) is 363 cm³/mol. The van der Waals surface area contributed by atoms with E-state index in [1.807, 2.05) is 41.5 Å². The molecule has 0 nitrogen and oxygen atoms in total. The van der Waals surface area contributed by atoms with Gasteiger partial charge in [0, 0.05) is 23.3 Å². The number of hydrogen-bond donors (Lipinski definition) is 0. The van der Waals surface area contributed by atoms with Gasteiger partial charge in [0.1, 0.15) is 0 Å². The maximum atomic E-state index is 8.78. The molecule has 0 amide bonds. The minimum Gasteiger partial charge on any atom is -0.0599 e. The molecule has 81 heavy (non-hydrogen) atoms. The van der Waals surface area contributed by atoms with E-state index >= 15 is 0 Å². The molecule has 7 aromatic carbocycles. The molecule has 1 atom stereocenters. The molecule has 1 aliphatic carbocycles. The van der Waals surface area contributed by atoms with Crippen LogP contribution in [0.5, 0.6) is 0 Å². The van der Waals surface area contributed by atoms with Crippen molar-refractivity contribution in [1.82, 2.24) is 0 Å². The highest BCUT2D eigenvalue weighted by atomic mass is 14.3. The molecule has 0 radical (unpaired) electrons. The van der Waals surface area contributed by atoms with Gasteiger partial charge < -0.3 is 0 Å². The Balaban J connectivity index is 0.000000266. The van der Waals surface area contributed by atoms with Gasteiger partial charge in [-0.1, -0.05) is 243 Å². The van der Waals surface area contributed by atoms with Crippen LogP contribution in [0.3, 0.4) is 0 Å². The van der Waals surface area contributed by atoms with Gasteiger partial charge in [0.2, 0.25) is 0 Å². The first-order valence-electron chi connectivity index (χ1n) is 37.9. The Morgan fingerprint density at radius 1 is 0.395 bits per heavy atom. The predicted octanol–water partition coefficient (Wildman–Crippen LogP) is 24.1. The summed E-state index contributed by atoms with van der Waals surface area (Å²) in [5.74, 6) is -0.970. The second kappa shape index (κ2) is 29.7. The van der Waals surface area contributed by atoms with Crippen LogP contribution in [-0.2, 0) is 25.6 Å². The average Bonchev–Trinajstić information content (AvgIpc) is 0.797. The fourth-order valence-corrected chi connectivity index (χ4v) is 9.61. The highest BCUT2D eigenvalue weighted by molar-refractivity contribution is 5.70. The number of rotatable bonds is 8. The van der Waals surface area contributed by atoms with Crippen LogP contribution in [0.25, 0.3) is 22.3 Å². The van der Waals surface area contributed by atoms with Crippen molar-refractivity contribution in [3.8, 4) is 22.3 Å². The van der Waals surface area contributed by atoms with E-state index < -0.39 is 56.9 Å². The summed E-state index contributed by atoms with van der Waals surface area (Å²) in [5, 5.41) is 0. The smallest absolute Gasteiger partial charge is 0.0355 e. The van der Waals surface area contributed by atoms with Crippen molar-refractivity contribution < 1.29 is 23.3 Å². The Morgan fingerprint density at radius 2 is 0.765 bits per heavy atom. The first kappa shape index (κ1) is 46.0. The Kier molecular flexibility index (Phi) is 16.8. The molecule has 8 rings (SSSR count). The van der Waals surface area contributed by atoms with Crippen LogP contribution in [0.1, 0.15) is 239 Å². The Hall–Kier alpha value is -5.46. The van der Waals surface area contributed by atoms with Crippen molar-refractivity contribution in [2.75, 3.05) is 0 Å². The lowest BCUT2D eigenvalue weighted by molar-refractivity contribution is 0.339. The number of aryl methyl sites for hydroxylation is 12. The summed E-state index contributed by atoms with van der Waals surface area (Å²) >= 11 is 0. The molecule has 0 aromatic heterocycles. The zero-order valence-corrected chi connectivity index (χ0v) is 53.9. The molecule has 0 heteroatoms. The molecule has 1 aliphatic rings. The van der Waals surface area contributed by atoms with Gasteiger partial charge in [-0.15, -0.1) is 0 Å². The average molecular weight is 1100 g/mol. The van der Waals surface area contributed by atoms with Gasteiger partial charge in [-0.2, -0.15) is 0 Å². The molecule has 1 fully saturated rings. The van der Waals surface area contributed by atoms with Crippen molar-refractivity contribution in [1.29, 1.82) is 0 Å². The molecule has 0 heterocycles. The van der Waals surface area contributed by atoms with E-state index in [2.05, 4.69) is 131 Å². The monoisotopic (exact) mass is 1100 g/mol. The molecule has 0 saturated heterocycles. The van der Waals surface area contributed by atoms with E-state index in [1.165, 1.54) is 56.1 Å². The van der Waals surface area contributed by atoms with Gasteiger partial charge in [-0.25, -0.2) is 0 Å². The standard InChI is InChI=1S/C21H28.C20H26.C14H20.2C13H20/c1-14-8-9-19(12-15(14)2)20-11-10-18(13-16(20)3)17(4)21(5,6)7;1-14-7-9-18(12-15(14)2)19-10-8-17(11-16(19)3)13-20(4,5)6;1-11-7-8-14(9-12(11)2)10-13-5-3-4-6-13;2*1-10-6-7-12(8-11(10)2)9-13(3,4)5/h8-13,17H,1-7H3;7-12H,13H2,1-6H3;7-9,13H,3-6,10H2,1-2H3;2*6-8H,9H2,1-5H3/i2D3,3D3,17D;;2D3,10D2;2D3,9D2;. The van der Waals surface area contributed by atoms with Gasteiger partial charge in [0.05, 0.1) is 0 Å². The van der Waals surface area contributed by atoms with Crippen LogP contribution >= 0.6 is 0 Å². The van der Waals surface area contributed by atoms with Crippen LogP contribution in [0.15, 0.2) is 127 Å². The van der Waals surface area contributed by atoms with Gasteiger partial charge in [-0.05, 0) is 259 Å². The van der Waals surface area contributed by atoms with Crippen LogP contribution in [-0.4, -0.2) is 0 Å². The summed E-state index contributed by atoms with van der Waals surface area (Å²) in [5.41, 5.74) is 17.6. The lowest BCUT2D eigenvalue weighted by Gasteiger charge is -2.28. The Bertz CT molecular complexity index is 3800. The van der Waals surface area contributed by atoms with Crippen LogP contribution < -0.4 is 0 Å². The van der Waals surface area contributed by atoms with Crippen LogP contribution in [0, 0.1) is 110 Å².